The molecule has 3 aliphatic heterocycles. The first-order valence-corrected chi connectivity index (χ1v) is 11.9. The Morgan fingerprint density at radius 3 is 2.48 bits per heavy atom. The van der Waals surface area contributed by atoms with Crippen molar-refractivity contribution in [2.45, 2.75) is 83.9 Å². The molecule has 2 bridgehead atoms. The number of likely N-dealkylation sites (tertiary alicyclic amines) is 1. The predicted octanol–water partition coefficient (Wildman–Crippen LogP) is 1.78. The van der Waals surface area contributed by atoms with Gasteiger partial charge in [0.1, 0.15) is 11.6 Å². The molecule has 3 saturated heterocycles. The quantitative estimate of drug-likeness (QED) is 0.454. The number of rotatable bonds is 6. The average Bonchev–Trinajstić information content (AvgIpc) is 3.01. The van der Waals surface area contributed by atoms with E-state index < -0.39 is 29.6 Å². The normalized spacial score (nSPS) is 25.2. The molecule has 0 spiro atoms. The van der Waals surface area contributed by atoms with E-state index in [0.29, 0.717) is 45.4 Å². The third-order valence-electron chi connectivity index (χ3n) is 6.11. The summed E-state index contributed by atoms with van der Waals surface area (Å²) in [5.41, 5.74) is 4.35. The fourth-order valence-corrected chi connectivity index (χ4v) is 4.37. The largest absolute Gasteiger partial charge is 0.444 e. The number of hydrazine groups is 1. The Kier molecular flexibility index (Phi) is 8.04. The number of amides is 5. The highest BCUT2D eigenvalue weighted by Gasteiger charge is 2.48. The van der Waals surface area contributed by atoms with E-state index in [0.717, 1.165) is 12.8 Å². The lowest BCUT2D eigenvalue weighted by atomic mass is 9.97. The van der Waals surface area contributed by atoms with E-state index in [1.54, 1.807) is 20.8 Å². The van der Waals surface area contributed by atoms with Gasteiger partial charge >= 0.3 is 12.1 Å². The van der Waals surface area contributed by atoms with Crippen molar-refractivity contribution < 1.29 is 28.8 Å². The third-order valence-corrected chi connectivity index (χ3v) is 6.11. The maximum absolute atomic E-state index is 12.8. The van der Waals surface area contributed by atoms with Crippen LogP contribution >= 0.6 is 0 Å². The van der Waals surface area contributed by atoms with Crippen molar-refractivity contribution in [1.29, 1.82) is 0 Å². The van der Waals surface area contributed by atoms with Gasteiger partial charge in [-0.2, -0.15) is 5.06 Å². The fourth-order valence-electron chi connectivity index (χ4n) is 4.37. The molecule has 0 aliphatic carbocycles. The number of nitrogens with one attached hydrogen (secondary N) is 2. The van der Waals surface area contributed by atoms with Crippen molar-refractivity contribution in [2.75, 3.05) is 26.2 Å². The van der Waals surface area contributed by atoms with Crippen LogP contribution in [0.3, 0.4) is 0 Å². The summed E-state index contributed by atoms with van der Waals surface area (Å²) in [6.07, 6.45) is 3.83. The summed E-state index contributed by atoms with van der Waals surface area (Å²) < 4.78 is 5.39. The Balaban J connectivity index is 1.48. The summed E-state index contributed by atoms with van der Waals surface area (Å²) in [6.45, 7) is 9.11. The van der Waals surface area contributed by atoms with Gasteiger partial charge in [-0.1, -0.05) is 13.3 Å². The molecule has 3 rings (SSSR count). The van der Waals surface area contributed by atoms with Gasteiger partial charge in [0.2, 0.25) is 5.91 Å². The number of hydroxylamine groups is 2. The smallest absolute Gasteiger partial charge is 0.410 e. The number of carbonyl (C=O) groups excluding carboxylic acids is 4. The second kappa shape index (κ2) is 10.6. The maximum Gasteiger partial charge on any atom is 0.410 e. The van der Waals surface area contributed by atoms with Crippen LogP contribution in [0, 0.1) is 5.92 Å². The number of carbonyl (C=O) groups is 4. The lowest BCUT2D eigenvalue weighted by Gasteiger charge is -2.33. The van der Waals surface area contributed by atoms with E-state index >= 15 is 0 Å². The second-order valence-electron chi connectivity index (χ2n) is 9.94. The average molecular weight is 468 g/mol. The first-order valence-electron chi connectivity index (χ1n) is 11.9. The number of fused-ring (bicyclic) bond motifs is 2. The zero-order valence-electron chi connectivity index (χ0n) is 20.1. The summed E-state index contributed by atoms with van der Waals surface area (Å²) in [6, 6.07) is -1.01. The topological polar surface area (TPSA) is 121 Å². The third kappa shape index (κ3) is 6.27. The molecule has 0 radical (unpaired) electrons. The Labute approximate surface area is 195 Å². The summed E-state index contributed by atoms with van der Waals surface area (Å²) in [5, 5.41) is 1.40. The molecule has 3 atom stereocenters. The molecule has 11 nitrogen and oxygen atoms in total. The van der Waals surface area contributed by atoms with Gasteiger partial charge < -0.3 is 14.5 Å². The molecule has 186 valence electrons. The minimum Gasteiger partial charge on any atom is -0.444 e. The minimum absolute atomic E-state index is 0.0472. The number of hydrogen-bond acceptors (Lipinski definition) is 6. The zero-order chi connectivity index (χ0) is 24.2. The van der Waals surface area contributed by atoms with Crippen LogP contribution < -0.4 is 10.9 Å². The summed E-state index contributed by atoms with van der Waals surface area (Å²) in [7, 11) is 0. The first-order chi connectivity index (χ1) is 15.6. The van der Waals surface area contributed by atoms with E-state index in [1.807, 2.05) is 6.92 Å². The molecule has 5 amide bonds. The molecule has 0 aromatic heterocycles. The van der Waals surface area contributed by atoms with Crippen molar-refractivity contribution in [1.82, 2.24) is 25.7 Å². The molecule has 0 saturated carbocycles. The van der Waals surface area contributed by atoms with Gasteiger partial charge in [0.05, 0.1) is 18.6 Å². The fraction of sp³-hybridized carbons (Fsp3) is 0.818. The molecular weight excluding hydrogens is 430 g/mol. The van der Waals surface area contributed by atoms with Gasteiger partial charge in [-0.15, -0.1) is 0 Å². The first kappa shape index (κ1) is 25.1. The van der Waals surface area contributed by atoms with Gasteiger partial charge in [-0.3, -0.25) is 25.3 Å². The molecule has 2 N–H and O–H groups in total. The zero-order valence-corrected chi connectivity index (χ0v) is 20.1. The Morgan fingerprint density at radius 2 is 1.79 bits per heavy atom. The van der Waals surface area contributed by atoms with E-state index in [9.17, 15) is 19.2 Å². The number of nitrogens with zero attached hydrogens (tertiary/aromatic N) is 3. The highest BCUT2D eigenvalue weighted by molar-refractivity contribution is 5.90. The monoisotopic (exact) mass is 467 g/mol. The van der Waals surface area contributed by atoms with Crippen molar-refractivity contribution in [3.8, 4) is 0 Å². The van der Waals surface area contributed by atoms with Crippen molar-refractivity contribution in [3.05, 3.63) is 0 Å². The van der Waals surface area contributed by atoms with Crippen LogP contribution in [-0.2, 0) is 19.2 Å². The summed E-state index contributed by atoms with van der Waals surface area (Å²) >= 11 is 0. The molecule has 0 aromatic rings. The minimum atomic E-state index is -0.654. The SMILES string of the molecule is CCCCON1C(=O)N2C[C@@H]1CC[C@H]2C(=O)NNC(=O)[C@@H]1CCCN(C(=O)OC(C)(C)C)C1. The molecule has 3 heterocycles. The van der Waals surface area contributed by atoms with E-state index in [4.69, 9.17) is 9.57 Å². The Bertz CT molecular complexity index is 754. The molecule has 0 unspecified atom stereocenters. The second-order valence-corrected chi connectivity index (χ2v) is 9.94. The van der Waals surface area contributed by atoms with Gasteiger partial charge in [-0.25, -0.2) is 9.59 Å². The van der Waals surface area contributed by atoms with E-state index in [1.165, 1.54) is 14.9 Å². The van der Waals surface area contributed by atoms with Crippen LogP contribution in [0.15, 0.2) is 0 Å². The number of hydrogen-bond donors (Lipinski definition) is 2. The van der Waals surface area contributed by atoms with Crippen LogP contribution in [0.25, 0.3) is 0 Å². The molecule has 0 aromatic carbocycles. The van der Waals surface area contributed by atoms with Crippen LogP contribution in [0.5, 0.6) is 0 Å². The van der Waals surface area contributed by atoms with Crippen LogP contribution in [0.1, 0.15) is 66.2 Å². The highest BCUT2D eigenvalue weighted by atomic mass is 16.7. The van der Waals surface area contributed by atoms with Crippen molar-refractivity contribution in [3.63, 3.8) is 0 Å². The molecule has 3 aliphatic rings. The van der Waals surface area contributed by atoms with Crippen LogP contribution in [0.2, 0.25) is 0 Å². The van der Waals surface area contributed by atoms with E-state index in [-0.39, 0.29) is 24.5 Å². The van der Waals surface area contributed by atoms with Gasteiger partial charge in [0, 0.05) is 19.6 Å². The maximum atomic E-state index is 12.8. The number of ether oxygens (including phenoxy) is 1. The predicted molar refractivity (Wildman–Crippen MR) is 118 cm³/mol. The van der Waals surface area contributed by atoms with Crippen LogP contribution in [0.4, 0.5) is 9.59 Å². The standard InChI is InChI=1S/C22H37N5O6/c1-5-6-12-32-27-16-9-10-17(26(14-16)20(27)30)19(29)24-23-18(28)15-8-7-11-25(13-15)21(31)33-22(2,3)4/h15-17H,5-14H2,1-4H3,(H,23,28)(H,24,29)/t15-,16+,17+/m1/s1. The van der Waals surface area contributed by atoms with Gasteiger partial charge in [0.15, 0.2) is 0 Å². The molecular formula is C22H37N5O6. The van der Waals surface area contributed by atoms with Gasteiger partial charge in [0.25, 0.3) is 5.91 Å². The molecule has 3 fully saturated rings. The Morgan fingerprint density at radius 1 is 1.06 bits per heavy atom. The van der Waals surface area contributed by atoms with Crippen molar-refractivity contribution >= 4 is 23.9 Å². The molecule has 11 heteroatoms. The van der Waals surface area contributed by atoms with Crippen LogP contribution in [-0.4, -0.2) is 82.7 Å². The highest BCUT2D eigenvalue weighted by Crippen LogP contribution is 2.30. The summed E-state index contributed by atoms with van der Waals surface area (Å²) in [4.78, 5) is 59.1. The lowest BCUT2D eigenvalue weighted by Crippen LogP contribution is -2.56. The number of piperidine rings is 2. The number of urea groups is 1. The summed E-state index contributed by atoms with van der Waals surface area (Å²) in [5.74, 6) is -1.23. The molecule has 33 heavy (non-hydrogen) atoms. The van der Waals surface area contributed by atoms with Crippen molar-refractivity contribution in [2.24, 2.45) is 5.92 Å². The lowest BCUT2D eigenvalue weighted by molar-refractivity contribution is -0.134. The Hall–Kier alpha value is -2.56. The van der Waals surface area contributed by atoms with Gasteiger partial charge in [-0.05, 0) is 52.9 Å². The van der Waals surface area contributed by atoms with E-state index in [2.05, 4.69) is 10.9 Å². The number of unbranched alkanes of at least 4 members (excludes halogenated alkanes) is 1.